The van der Waals surface area contributed by atoms with Crippen molar-refractivity contribution in [1.82, 2.24) is 5.32 Å². The molecule has 1 aromatic rings. The molecular weight excluding hydrogens is 218 g/mol. The molecule has 1 atom stereocenters. The lowest BCUT2D eigenvalue weighted by molar-refractivity contribution is 0.241. The van der Waals surface area contributed by atoms with Gasteiger partial charge in [0, 0.05) is 0 Å². The summed E-state index contributed by atoms with van der Waals surface area (Å²) in [7, 11) is 0. The van der Waals surface area contributed by atoms with E-state index in [9.17, 15) is 4.79 Å². The van der Waals surface area contributed by atoms with E-state index in [0.717, 1.165) is 11.3 Å². The number of hydrogen-bond donors (Lipinski definition) is 2. The minimum Gasteiger partial charge on any atom is -0.491 e. The molecule has 0 saturated heterocycles. The number of carbonyl (C=O) groups is 1. The summed E-state index contributed by atoms with van der Waals surface area (Å²) < 4.78 is 5.58. The van der Waals surface area contributed by atoms with Crippen molar-refractivity contribution in [3.8, 4) is 5.75 Å². The number of nitrogens with one attached hydrogen (secondary N) is 1. The lowest BCUT2D eigenvalue weighted by Crippen LogP contribution is -2.27. The van der Waals surface area contributed by atoms with Gasteiger partial charge in [-0.05, 0) is 31.5 Å². The van der Waals surface area contributed by atoms with Crippen LogP contribution in [0.25, 0.3) is 0 Å². The second kappa shape index (κ2) is 4.45. The Kier molecular flexibility index (Phi) is 2.99. The van der Waals surface area contributed by atoms with Gasteiger partial charge in [-0.15, -0.1) is 0 Å². The highest BCUT2D eigenvalue weighted by Crippen LogP contribution is 2.22. The Morgan fingerprint density at radius 1 is 1.47 bits per heavy atom. The van der Waals surface area contributed by atoms with E-state index in [-0.39, 0.29) is 18.0 Å². The van der Waals surface area contributed by atoms with Gasteiger partial charge in [-0.3, -0.25) is 0 Å². The van der Waals surface area contributed by atoms with Gasteiger partial charge in [-0.25, -0.2) is 4.79 Å². The number of hydrogen-bond acceptors (Lipinski definition) is 3. The van der Waals surface area contributed by atoms with Gasteiger partial charge >= 0.3 is 6.03 Å². The van der Waals surface area contributed by atoms with Gasteiger partial charge in [0.25, 0.3) is 0 Å². The zero-order valence-electron chi connectivity index (χ0n) is 9.81. The zero-order chi connectivity index (χ0) is 12.4. The van der Waals surface area contributed by atoms with E-state index in [1.165, 1.54) is 0 Å². The number of carbonyl (C=O) groups excluding carboxylic acids is 1. The number of amidine groups is 1. The van der Waals surface area contributed by atoms with Crippen LogP contribution in [0.3, 0.4) is 0 Å². The molecule has 1 aliphatic heterocycles. The number of aliphatic imine (C=N–C) groups is 1. The second-order valence-corrected chi connectivity index (χ2v) is 4.16. The molecule has 2 amide bonds. The van der Waals surface area contributed by atoms with Crippen molar-refractivity contribution in [3.63, 3.8) is 0 Å². The van der Waals surface area contributed by atoms with Crippen molar-refractivity contribution in [2.45, 2.75) is 26.0 Å². The smallest absolute Gasteiger partial charge is 0.343 e. The molecule has 1 heterocycles. The average Bonchev–Trinajstić information content (AvgIpc) is 2.57. The molecule has 5 nitrogen and oxygen atoms in total. The molecule has 1 aromatic carbocycles. The summed E-state index contributed by atoms with van der Waals surface area (Å²) in [4.78, 5) is 14.7. The van der Waals surface area contributed by atoms with Gasteiger partial charge in [0.05, 0.1) is 6.10 Å². The predicted molar refractivity (Wildman–Crippen MR) is 65.1 cm³/mol. The highest BCUT2D eigenvalue weighted by Gasteiger charge is 2.25. The summed E-state index contributed by atoms with van der Waals surface area (Å²) >= 11 is 0. The molecule has 0 spiro atoms. The van der Waals surface area contributed by atoms with Gasteiger partial charge in [-0.1, -0.05) is 12.1 Å². The first-order valence-electron chi connectivity index (χ1n) is 5.47. The molecule has 0 bridgehead atoms. The van der Waals surface area contributed by atoms with E-state index in [4.69, 9.17) is 10.5 Å². The Hall–Kier alpha value is -2.04. The molecule has 0 radical (unpaired) electrons. The van der Waals surface area contributed by atoms with Crippen LogP contribution in [0.4, 0.5) is 4.79 Å². The molecule has 0 aromatic heterocycles. The van der Waals surface area contributed by atoms with Crippen molar-refractivity contribution in [1.29, 1.82) is 0 Å². The average molecular weight is 233 g/mol. The van der Waals surface area contributed by atoms with Crippen LogP contribution in [0.15, 0.2) is 29.3 Å². The third-order valence-electron chi connectivity index (χ3n) is 2.36. The Morgan fingerprint density at radius 3 is 2.82 bits per heavy atom. The lowest BCUT2D eigenvalue weighted by Gasteiger charge is -2.14. The van der Waals surface area contributed by atoms with Crippen molar-refractivity contribution in [2.24, 2.45) is 10.7 Å². The van der Waals surface area contributed by atoms with Crippen molar-refractivity contribution >= 4 is 11.9 Å². The van der Waals surface area contributed by atoms with Crippen molar-refractivity contribution < 1.29 is 9.53 Å². The molecule has 17 heavy (non-hydrogen) atoms. The molecule has 90 valence electrons. The number of ether oxygens (including phenoxy) is 1. The van der Waals surface area contributed by atoms with Gasteiger partial charge in [0.15, 0.2) is 0 Å². The number of amides is 2. The first-order chi connectivity index (χ1) is 8.06. The molecule has 0 aliphatic carbocycles. The van der Waals surface area contributed by atoms with E-state index in [2.05, 4.69) is 10.3 Å². The maximum absolute atomic E-state index is 11.1. The Bertz CT molecular complexity index is 469. The number of nitrogens with zero attached hydrogens (tertiary/aromatic N) is 1. The SMILES string of the molecule is CC(C)Oc1cccc(C2NC(=O)N=C2N)c1. The zero-order valence-corrected chi connectivity index (χ0v) is 9.81. The third kappa shape index (κ3) is 2.55. The first kappa shape index (κ1) is 11.4. The molecule has 0 saturated carbocycles. The van der Waals surface area contributed by atoms with Crippen molar-refractivity contribution in [2.75, 3.05) is 0 Å². The summed E-state index contributed by atoms with van der Waals surface area (Å²) in [6.45, 7) is 3.92. The molecule has 0 fully saturated rings. The molecule has 1 unspecified atom stereocenters. The van der Waals surface area contributed by atoms with Gasteiger partial charge in [0.1, 0.15) is 17.6 Å². The van der Waals surface area contributed by atoms with Crippen LogP contribution in [-0.2, 0) is 0 Å². The maximum Gasteiger partial charge on any atom is 0.343 e. The lowest BCUT2D eigenvalue weighted by atomic mass is 10.1. The van der Waals surface area contributed by atoms with Gasteiger partial charge < -0.3 is 15.8 Å². The van der Waals surface area contributed by atoms with Crippen LogP contribution >= 0.6 is 0 Å². The highest BCUT2D eigenvalue weighted by molar-refractivity contribution is 6.03. The fourth-order valence-electron chi connectivity index (χ4n) is 1.71. The summed E-state index contributed by atoms with van der Waals surface area (Å²) in [5.41, 5.74) is 6.55. The molecular formula is C12H15N3O2. The normalized spacial score (nSPS) is 19.1. The first-order valence-corrected chi connectivity index (χ1v) is 5.47. The van der Waals surface area contributed by atoms with Gasteiger partial charge in [-0.2, -0.15) is 4.99 Å². The molecule has 5 heteroatoms. The minimum atomic E-state index is -0.400. The fourth-order valence-corrected chi connectivity index (χ4v) is 1.71. The second-order valence-electron chi connectivity index (χ2n) is 4.16. The number of benzene rings is 1. The number of nitrogens with two attached hydrogens (primary N) is 1. The topological polar surface area (TPSA) is 76.7 Å². The Morgan fingerprint density at radius 2 is 2.24 bits per heavy atom. The molecule has 1 aliphatic rings. The minimum absolute atomic E-state index is 0.106. The molecule has 2 rings (SSSR count). The van der Waals surface area contributed by atoms with E-state index >= 15 is 0 Å². The van der Waals surface area contributed by atoms with E-state index < -0.39 is 6.03 Å². The van der Waals surface area contributed by atoms with Crippen LogP contribution < -0.4 is 15.8 Å². The fraction of sp³-hybridized carbons (Fsp3) is 0.333. The van der Waals surface area contributed by atoms with Crippen LogP contribution in [-0.4, -0.2) is 18.0 Å². The van der Waals surface area contributed by atoms with E-state index in [1.807, 2.05) is 38.1 Å². The maximum atomic E-state index is 11.1. The van der Waals surface area contributed by atoms with Crippen LogP contribution in [0.5, 0.6) is 5.75 Å². The monoisotopic (exact) mass is 233 g/mol. The van der Waals surface area contributed by atoms with Crippen molar-refractivity contribution in [3.05, 3.63) is 29.8 Å². The summed E-state index contributed by atoms with van der Waals surface area (Å²) in [5, 5.41) is 2.68. The van der Waals surface area contributed by atoms with E-state index in [1.54, 1.807) is 0 Å². The number of rotatable bonds is 3. The Labute approximate surface area is 99.7 Å². The highest BCUT2D eigenvalue weighted by atomic mass is 16.5. The number of urea groups is 1. The summed E-state index contributed by atoms with van der Waals surface area (Å²) in [5.74, 6) is 1.04. The largest absolute Gasteiger partial charge is 0.491 e. The van der Waals surface area contributed by atoms with Gasteiger partial charge in [0.2, 0.25) is 0 Å². The third-order valence-corrected chi connectivity index (χ3v) is 2.36. The molecule has 3 N–H and O–H groups in total. The van der Waals surface area contributed by atoms with Crippen LogP contribution in [0.2, 0.25) is 0 Å². The van der Waals surface area contributed by atoms with Crippen LogP contribution in [0, 0.1) is 0 Å². The summed E-state index contributed by atoms with van der Waals surface area (Å²) in [6.07, 6.45) is 0.106. The standard InChI is InChI=1S/C12H15N3O2/c1-7(2)17-9-5-3-4-8(6-9)10-11(13)15-12(16)14-10/h3-7,10H,1-2H3,(H3,13,14,15,16). The summed E-state index contributed by atoms with van der Waals surface area (Å²) in [6, 6.07) is 6.73. The van der Waals surface area contributed by atoms with E-state index in [0.29, 0.717) is 0 Å². The quantitative estimate of drug-likeness (QED) is 0.832. The Balaban J connectivity index is 2.22. The van der Waals surface area contributed by atoms with Crippen LogP contribution in [0.1, 0.15) is 25.5 Å². The predicted octanol–water partition coefficient (Wildman–Crippen LogP) is 1.60.